The Morgan fingerprint density at radius 1 is 0.865 bits per heavy atom. The zero-order chi connectivity index (χ0) is 25.4. The summed E-state index contributed by atoms with van der Waals surface area (Å²) in [4.78, 5) is 17.6. The van der Waals surface area contributed by atoms with Crippen LogP contribution < -0.4 is 5.32 Å². The highest BCUT2D eigenvalue weighted by molar-refractivity contribution is 7.89. The van der Waals surface area contributed by atoms with Gasteiger partial charge in [-0.3, -0.25) is 10.1 Å². The number of amides is 1. The number of anilines is 1. The summed E-state index contributed by atoms with van der Waals surface area (Å²) in [7, 11) is -3.65. The molecule has 6 rings (SSSR count). The number of carbonyl (C=O) groups is 1. The number of aryl methyl sites for hydroxylation is 2. The summed E-state index contributed by atoms with van der Waals surface area (Å²) in [5, 5.41) is 5.32. The normalized spacial score (nSPS) is 15.6. The minimum absolute atomic E-state index is 0.187. The first-order chi connectivity index (χ1) is 18.0. The van der Waals surface area contributed by atoms with Gasteiger partial charge in [-0.2, -0.15) is 4.31 Å². The number of aromatic nitrogens is 1. The third kappa shape index (κ3) is 4.84. The average molecular weight is 530 g/mol. The van der Waals surface area contributed by atoms with Gasteiger partial charge in [-0.15, -0.1) is 11.3 Å². The van der Waals surface area contributed by atoms with E-state index in [9.17, 15) is 13.2 Å². The summed E-state index contributed by atoms with van der Waals surface area (Å²) < 4.78 is 27.9. The van der Waals surface area contributed by atoms with Crippen LogP contribution >= 0.6 is 11.3 Å². The Morgan fingerprint density at radius 3 is 2.41 bits per heavy atom. The number of nitrogens with one attached hydrogen (secondary N) is 1. The summed E-state index contributed by atoms with van der Waals surface area (Å²) in [5.74, 6) is -0.317. The molecule has 37 heavy (non-hydrogen) atoms. The predicted molar refractivity (Wildman–Crippen MR) is 146 cm³/mol. The molecule has 1 aromatic heterocycles. The van der Waals surface area contributed by atoms with Gasteiger partial charge in [-0.1, -0.05) is 36.4 Å². The number of rotatable bonds is 5. The van der Waals surface area contributed by atoms with Gasteiger partial charge >= 0.3 is 0 Å². The van der Waals surface area contributed by atoms with E-state index in [1.54, 1.807) is 12.1 Å². The number of fused-ring (bicyclic) bond motifs is 2. The van der Waals surface area contributed by atoms with E-state index in [1.807, 2.05) is 29.6 Å². The standard InChI is InChI=1S/C29H27N3O3S2/c33-28(31-29-30-27(19-36-29)24-10-9-20-5-1-3-7-23(20)17-24)22-11-13-26(14-12-22)37(34,35)32-16-15-21-6-2-4-8-25(21)18-32/h2,4,6,8-14,17,19H,1,3,5,7,15-16,18H2,(H,30,31,33). The summed E-state index contributed by atoms with van der Waals surface area (Å²) in [5.41, 5.74) is 7.34. The second kappa shape index (κ2) is 9.85. The van der Waals surface area contributed by atoms with Crippen LogP contribution in [0.1, 0.15) is 45.5 Å². The largest absolute Gasteiger partial charge is 0.298 e. The van der Waals surface area contributed by atoms with Crippen LogP contribution in [0, 0.1) is 0 Å². The lowest BCUT2D eigenvalue weighted by Gasteiger charge is -2.28. The molecule has 3 aromatic carbocycles. The van der Waals surface area contributed by atoms with Crippen LogP contribution in [-0.4, -0.2) is 30.2 Å². The smallest absolute Gasteiger partial charge is 0.257 e. The molecule has 1 N–H and O–H groups in total. The highest BCUT2D eigenvalue weighted by Crippen LogP contribution is 2.30. The van der Waals surface area contributed by atoms with Crippen LogP contribution in [0.15, 0.2) is 77.0 Å². The number of benzene rings is 3. The Balaban J connectivity index is 1.14. The first-order valence-corrected chi connectivity index (χ1v) is 14.9. The van der Waals surface area contributed by atoms with Crippen LogP contribution in [0.4, 0.5) is 5.13 Å². The lowest BCUT2D eigenvalue weighted by atomic mass is 9.90. The minimum atomic E-state index is -3.65. The third-order valence-corrected chi connectivity index (χ3v) is 9.84. The highest BCUT2D eigenvalue weighted by atomic mass is 32.2. The summed E-state index contributed by atoms with van der Waals surface area (Å²) in [6.45, 7) is 0.801. The van der Waals surface area contributed by atoms with Gasteiger partial charge in [0.25, 0.3) is 5.91 Å². The average Bonchev–Trinajstić information content (AvgIpc) is 3.41. The molecule has 0 atom stereocenters. The minimum Gasteiger partial charge on any atom is -0.298 e. The first kappa shape index (κ1) is 24.0. The molecule has 0 bridgehead atoms. The van der Waals surface area contributed by atoms with E-state index in [1.165, 1.54) is 57.3 Å². The SMILES string of the molecule is O=C(Nc1nc(-c2ccc3c(c2)CCCC3)cs1)c1ccc(S(=O)(=O)N2CCc3ccccc3C2)cc1. The van der Waals surface area contributed by atoms with Gasteiger partial charge in [-0.05, 0) is 84.7 Å². The number of sulfonamides is 1. The maximum Gasteiger partial charge on any atom is 0.257 e. The van der Waals surface area contributed by atoms with Crippen molar-refractivity contribution in [3.05, 3.63) is 99.9 Å². The number of carbonyl (C=O) groups excluding carboxylic acids is 1. The van der Waals surface area contributed by atoms with Gasteiger partial charge in [0.1, 0.15) is 0 Å². The fourth-order valence-corrected chi connectivity index (χ4v) is 7.26. The van der Waals surface area contributed by atoms with Crippen LogP contribution in [0.2, 0.25) is 0 Å². The van der Waals surface area contributed by atoms with Crippen molar-refractivity contribution in [2.75, 3.05) is 11.9 Å². The Kier molecular flexibility index (Phi) is 6.40. The van der Waals surface area contributed by atoms with E-state index in [0.717, 1.165) is 29.7 Å². The topological polar surface area (TPSA) is 79.4 Å². The molecule has 0 spiro atoms. The van der Waals surface area contributed by atoms with E-state index in [2.05, 4.69) is 28.5 Å². The molecule has 1 aliphatic heterocycles. The summed E-state index contributed by atoms with van der Waals surface area (Å²) in [6.07, 6.45) is 5.41. The van der Waals surface area contributed by atoms with Crippen molar-refractivity contribution in [1.29, 1.82) is 0 Å². The van der Waals surface area contributed by atoms with Gasteiger partial charge in [0, 0.05) is 29.6 Å². The fourth-order valence-electron chi connectivity index (χ4n) is 5.13. The molecule has 6 nitrogen and oxygen atoms in total. The zero-order valence-electron chi connectivity index (χ0n) is 20.3. The van der Waals surface area contributed by atoms with Crippen molar-refractivity contribution < 1.29 is 13.2 Å². The molecule has 188 valence electrons. The van der Waals surface area contributed by atoms with E-state index in [0.29, 0.717) is 30.2 Å². The first-order valence-electron chi connectivity index (χ1n) is 12.5. The number of hydrogen-bond acceptors (Lipinski definition) is 5. The lowest BCUT2D eigenvalue weighted by Crippen LogP contribution is -2.35. The van der Waals surface area contributed by atoms with Gasteiger partial charge in [0.15, 0.2) is 5.13 Å². The predicted octanol–water partition coefficient (Wildman–Crippen LogP) is 5.69. The molecular formula is C29H27N3O3S2. The molecular weight excluding hydrogens is 502 g/mol. The van der Waals surface area contributed by atoms with Crippen LogP contribution in [0.25, 0.3) is 11.3 Å². The molecule has 2 aliphatic rings. The molecule has 8 heteroatoms. The van der Waals surface area contributed by atoms with Gasteiger partial charge in [-0.25, -0.2) is 13.4 Å². The maximum atomic E-state index is 13.2. The molecule has 0 radical (unpaired) electrons. The van der Waals surface area contributed by atoms with Gasteiger partial charge in [0.2, 0.25) is 10.0 Å². The van der Waals surface area contributed by atoms with Crippen molar-refractivity contribution >= 4 is 32.4 Å². The molecule has 0 saturated heterocycles. The molecule has 1 amide bonds. The van der Waals surface area contributed by atoms with Crippen molar-refractivity contribution in [3.8, 4) is 11.3 Å². The van der Waals surface area contributed by atoms with E-state index in [4.69, 9.17) is 0 Å². The molecule has 0 unspecified atom stereocenters. The number of thiazole rings is 1. The monoisotopic (exact) mass is 529 g/mol. The zero-order valence-corrected chi connectivity index (χ0v) is 21.9. The Morgan fingerprint density at radius 2 is 1.59 bits per heavy atom. The van der Waals surface area contributed by atoms with Gasteiger partial charge in [0.05, 0.1) is 10.6 Å². The Bertz CT molecular complexity index is 1580. The van der Waals surface area contributed by atoms with Crippen LogP contribution in [-0.2, 0) is 35.8 Å². The lowest BCUT2D eigenvalue weighted by molar-refractivity contribution is 0.102. The summed E-state index contributed by atoms with van der Waals surface area (Å²) >= 11 is 1.38. The second-order valence-electron chi connectivity index (χ2n) is 9.56. The molecule has 1 aliphatic carbocycles. The van der Waals surface area contributed by atoms with Crippen molar-refractivity contribution in [2.45, 2.75) is 43.5 Å². The second-order valence-corrected chi connectivity index (χ2v) is 12.4. The molecule has 4 aromatic rings. The molecule has 0 fully saturated rings. The number of hydrogen-bond donors (Lipinski definition) is 1. The van der Waals surface area contributed by atoms with Crippen molar-refractivity contribution in [2.24, 2.45) is 0 Å². The highest BCUT2D eigenvalue weighted by Gasteiger charge is 2.28. The van der Waals surface area contributed by atoms with E-state index < -0.39 is 10.0 Å². The molecule has 0 saturated carbocycles. The summed E-state index contributed by atoms with van der Waals surface area (Å²) in [6, 6.07) is 20.6. The van der Waals surface area contributed by atoms with Crippen molar-refractivity contribution in [1.82, 2.24) is 9.29 Å². The van der Waals surface area contributed by atoms with E-state index in [-0.39, 0.29) is 10.8 Å². The van der Waals surface area contributed by atoms with E-state index >= 15 is 0 Å². The maximum absolute atomic E-state index is 13.2. The van der Waals surface area contributed by atoms with Crippen LogP contribution in [0.3, 0.4) is 0 Å². The quantitative estimate of drug-likeness (QED) is 0.360. The fraction of sp³-hybridized carbons (Fsp3) is 0.241. The third-order valence-electron chi connectivity index (χ3n) is 7.22. The Labute approximate surface area is 221 Å². The molecule has 2 heterocycles. The van der Waals surface area contributed by atoms with Gasteiger partial charge < -0.3 is 0 Å². The Hall–Kier alpha value is -3.33. The van der Waals surface area contributed by atoms with Crippen LogP contribution in [0.5, 0.6) is 0 Å². The number of nitrogens with zero attached hydrogens (tertiary/aromatic N) is 2. The van der Waals surface area contributed by atoms with Crippen molar-refractivity contribution in [3.63, 3.8) is 0 Å².